The summed E-state index contributed by atoms with van der Waals surface area (Å²) in [6.07, 6.45) is 12.0. The number of aromatic nitrogens is 2. The lowest BCUT2D eigenvalue weighted by Crippen LogP contribution is -2.36. The van der Waals surface area contributed by atoms with Gasteiger partial charge in [-0.05, 0) is 25.3 Å². The van der Waals surface area contributed by atoms with Gasteiger partial charge in [-0.2, -0.15) is 0 Å². The number of hydrogen-bond donors (Lipinski definition) is 1. The van der Waals surface area contributed by atoms with Gasteiger partial charge >= 0.3 is 0 Å². The van der Waals surface area contributed by atoms with E-state index in [4.69, 9.17) is 0 Å². The number of nitrogens with one attached hydrogen (secondary N) is 1. The SMILES string of the molecule is CNC(c1cnccn1)C1(C)CCCCC1. The monoisotopic (exact) mass is 219 g/mol. The summed E-state index contributed by atoms with van der Waals surface area (Å²) in [7, 11) is 2.03. The van der Waals surface area contributed by atoms with Gasteiger partial charge in [-0.1, -0.05) is 26.2 Å². The van der Waals surface area contributed by atoms with Crippen LogP contribution in [-0.4, -0.2) is 17.0 Å². The second kappa shape index (κ2) is 4.91. The first-order valence-corrected chi connectivity index (χ1v) is 6.19. The molecule has 1 unspecified atom stereocenters. The molecule has 0 saturated heterocycles. The lowest BCUT2D eigenvalue weighted by atomic mass is 9.69. The van der Waals surface area contributed by atoms with Crippen molar-refractivity contribution < 1.29 is 0 Å². The minimum Gasteiger partial charge on any atom is -0.311 e. The average molecular weight is 219 g/mol. The highest BCUT2D eigenvalue weighted by Gasteiger charge is 2.36. The van der Waals surface area contributed by atoms with E-state index in [2.05, 4.69) is 22.2 Å². The molecule has 0 bridgehead atoms. The average Bonchev–Trinajstić information content (AvgIpc) is 2.32. The summed E-state index contributed by atoms with van der Waals surface area (Å²) in [6, 6.07) is 0.335. The van der Waals surface area contributed by atoms with E-state index in [9.17, 15) is 0 Å². The van der Waals surface area contributed by atoms with Crippen molar-refractivity contribution >= 4 is 0 Å². The highest BCUT2D eigenvalue weighted by molar-refractivity contribution is 5.08. The van der Waals surface area contributed by atoms with Crippen molar-refractivity contribution in [2.24, 2.45) is 5.41 Å². The van der Waals surface area contributed by atoms with Crippen LogP contribution in [0.3, 0.4) is 0 Å². The Hall–Kier alpha value is -0.960. The van der Waals surface area contributed by atoms with E-state index in [1.807, 2.05) is 13.2 Å². The van der Waals surface area contributed by atoms with Crippen molar-refractivity contribution in [3.05, 3.63) is 24.3 Å². The smallest absolute Gasteiger partial charge is 0.0761 e. The first kappa shape index (κ1) is 11.5. The summed E-state index contributed by atoms with van der Waals surface area (Å²) in [4.78, 5) is 8.62. The molecule has 1 aliphatic carbocycles. The van der Waals surface area contributed by atoms with Gasteiger partial charge in [-0.3, -0.25) is 9.97 Å². The molecule has 0 aliphatic heterocycles. The molecule has 1 aromatic rings. The largest absolute Gasteiger partial charge is 0.311 e. The third-order valence-electron chi connectivity index (χ3n) is 3.86. The third-order valence-corrected chi connectivity index (χ3v) is 3.86. The van der Waals surface area contributed by atoms with E-state index in [0.29, 0.717) is 11.5 Å². The van der Waals surface area contributed by atoms with Gasteiger partial charge in [0.25, 0.3) is 0 Å². The fourth-order valence-electron chi connectivity index (χ4n) is 2.96. The van der Waals surface area contributed by atoms with Gasteiger partial charge in [0.2, 0.25) is 0 Å². The van der Waals surface area contributed by atoms with Gasteiger partial charge in [0.05, 0.1) is 11.7 Å². The lowest BCUT2D eigenvalue weighted by molar-refractivity contribution is 0.147. The summed E-state index contributed by atoms with van der Waals surface area (Å²) in [5.74, 6) is 0. The first-order chi connectivity index (χ1) is 7.76. The Morgan fingerprint density at radius 2 is 2.00 bits per heavy atom. The van der Waals surface area contributed by atoms with E-state index < -0.39 is 0 Å². The Labute approximate surface area is 97.7 Å². The fourth-order valence-corrected chi connectivity index (χ4v) is 2.96. The van der Waals surface area contributed by atoms with Crippen LogP contribution in [0.15, 0.2) is 18.6 Å². The maximum atomic E-state index is 4.45. The maximum Gasteiger partial charge on any atom is 0.0761 e. The van der Waals surface area contributed by atoms with E-state index >= 15 is 0 Å². The molecule has 1 fully saturated rings. The van der Waals surface area contributed by atoms with Crippen LogP contribution in [0.5, 0.6) is 0 Å². The minimum absolute atomic E-state index is 0.335. The molecule has 1 N–H and O–H groups in total. The van der Waals surface area contributed by atoms with E-state index in [0.717, 1.165) is 5.69 Å². The second-order valence-corrected chi connectivity index (χ2v) is 5.07. The van der Waals surface area contributed by atoms with E-state index in [1.165, 1.54) is 32.1 Å². The molecule has 1 atom stereocenters. The van der Waals surface area contributed by atoms with Gasteiger partial charge in [-0.25, -0.2) is 0 Å². The topological polar surface area (TPSA) is 37.8 Å². The molecule has 0 spiro atoms. The summed E-state index contributed by atoms with van der Waals surface area (Å²) >= 11 is 0. The normalized spacial score (nSPS) is 21.6. The zero-order valence-corrected chi connectivity index (χ0v) is 10.2. The first-order valence-electron chi connectivity index (χ1n) is 6.19. The van der Waals surface area contributed by atoms with Crippen molar-refractivity contribution in [1.29, 1.82) is 0 Å². The van der Waals surface area contributed by atoms with Crippen LogP contribution in [0.4, 0.5) is 0 Å². The molecule has 3 heteroatoms. The molecule has 16 heavy (non-hydrogen) atoms. The third kappa shape index (κ3) is 2.24. The minimum atomic E-state index is 0.335. The van der Waals surface area contributed by atoms with Crippen molar-refractivity contribution in [1.82, 2.24) is 15.3 Å². The number of rotatable bonds is 3. The Bertz CT molecular complexity index is 317. The standard InChI is InChI=1S/C13H21N3/c1-13(6-4-3-5-7-13)12(14-2)11-10-15-8-9-16-11/h8-10,12,14H,3-7H2,1-2H3. The zero-order valence-electron chi connectivity index (χ0n) is 10.2. The molecule has 88 valence electrons. The second-order valence-electron chi connectivity index (χ2n) is 5.07. The molecule has 1 aliphatic rings. The van der Waals surface area contributed by atoms with Crippen LogP contribution in [0.1, 0.15) is 50.8 Å². The van der Waals surface area contributed by atoms with Crippen LogP contribution < -0.4 is 5.32 Å². The number of hydrogen-bond acceptors (Lipinski definition) is 3. The van der Waals surface area contributed by atoms with Crippen LogP contribution >= 0.6 is 0 Å². The molecule has 1 heterocycles. The van der Waals surface area contributed by atoms with Crippen LogP contribution in [0.2, 0.25) is 0 Å². The van der Waals surface area contributed by atoms with Crippen molar-refractivity contribution in [3.8, 4) is 0 Å². The zero-order chi connectivity index (χ0) is 11.4. The summed E-state index contributed by atoms with van der Waals surface area (Å²) in [6.45, 7) is 2.38. The van der Waals surface area contributed by atoms with Crippen molar-refractivity contribution in [2.45, 2.75) is 45.1 Å². The fraction of sp³-hybridized carbons (Fsp3) is 0.692. The number of nitrogens with zero attached hydrogens (tertiary/aromatic N) is 2. The summed E-state index contributed by atoms with van der Waals surface area (Å²) in [5, 5.41) is 3.43. The lowest BCUT2D eigenvalue weighted by Gasteiger charge is -2.40. The molecule has 0 amide bonds. The van der Waals surface area contributed by atoms with Crippen molar-refractivity contribution in [2.75, 3.05) is 7.05 Å². The van der Waals surface area contributed by atoms with Crippen molar-refractivity contribution in [3.63, 3.8) is 0 Å². The van der Waals surface area contributed by atoms with Crippen LogP contribution in [0, 0.1) is 5.41 Å². The van der Waals surface area contributed by atoms with Gasteiger partial charge < -0.3 is 5.32 Å². The predicted molar refractivity (Wildman–Crippen MR) is 65.0 cm³/mol. The molecule has 1 aromatic heterocycles. The maximum absolute atomic E-state index is 4.45. The molecular weight excluding hydrogens is 198 g/mol. The van der Waals surface area contributed by atoms with Crippen LogP contribution in [-0.2, 0) is 0 Å². The molecule has 0 radical (unpaired) electrons. The Kier molecular flexibility index (Phi) is 3.54. The van der Waals surface area contributed by atoms with Gasteiger partial charge in [-0.15, -0.1) is 0 Å². The molecule has 0 aromatic carbocycles. The predicted octanol–water partition coefficient (Wildman–Crippen LogP) is 2.71. The summed E-state index contributed by atoms with van der Waals surface area (Å²) in [5.41, 5.74) is 1.41. The summed E-state index contributed by atoms with van der Waals surface area (Å²) < 4.78 is 0. The highest BCUT2D eigenvalue weighted by atomic mass is 14.9. The Balaban J connectivity index is 2.21. The quantitative estimate of drug-likeness (QED) is 0.849. The Morgan fingerprint density at radius 3 is 2.56 bits per heavy atom. The van der Waals surface area contributed by atoms with Gasteiger partial charge in [0.1, 0.15) is 0 Å². The molecule has 2 rings (SSSR count). The van der Waals surface area contributed by atoms with E-state index in [1.54, 1.807) is 12.4 Å². The Morgan fingerprint density at radius 1 is 1.25 bits per heavy atom. The molecule has 1 saturated carbocycles. The van der Waals surface area contributed by atoms with Gasteiger partial charge in [0, 0.05) is 18.6 Å². The molecular formula is C13H21N3. The van der Waals surface area contributed by atoms with Gasteiger partial charge in [0.15, 0.2) is 0 Å². The molecule has 3 nitrogen and oxygen atoms in total. The van der Waals surface area contributed by atoms with Crippen LogP contribution in [0.25, 0.3) is 0 Å². The highest BCUT2D eigenvalue weighted by Crippen LogP contribution is 2.44. The van der Waals surface area contributed by atoms with E-state index in [-0.39, 0.29) is 0 Å².